The summed E-state index contributed by atoms with van der Waals surface area (Å²) in [5.41, 5.74) is 1.05. The molecule has 0 spiro atoms. The van der Waals surface area contributed by atoms with Crippen LogP contribution < -0.4 is 5.32 Å². The van der Waals surface area contributed by atoms with Gasteiger partial charge in [-0.05, 0) is 88.9 Å². The molecule has 67 heavy (non-hydrogen) atoms. The molecule has 4 unspecified atom stereocenters. The quantitative estimate of drug-likeness (QED) is 0.0261. The lowest BCUT2D eigenvalue weighted by atomic mass is 9.81. The number of carbonyl (C=O) groups is 1. The summed E-state index contributed by atoms with van der Waals surface area (Å²) in [7, 11) is 0. The Morgan fingerprint density at radius 3 is 1.57 bits per heavy atom. The van der Waals surface area contributed by atoms with E-state index in [1.807, 2.05) is 19.9 Å². The van der Waals surface area contributed by atoms with Crippen LogP contribution in [0.4, 0.5) is 0 Å². The molecule has 0 aromatic rings. The van der Waals surface area contributed by atoms with E-state index in [1.165, 1.54) is 167 Å². The summed E-state index contributed by atoms with van der Waals surface area (Å²) in [5.74, 6) is 2.68. The largest absolute Gasteiger partial charge is 0.396 e. The maximum atomic E-state index is 13.4. The van der Waals surface area contributed by atoms with Crippen molar-refractivity contribution in [2.45, 2.75) is 289 Å². The number of nitrogens with one attached hydrogen (secondary N) is 1. The van der Waals surface area contributed by atoms with E-state index in [0.29, 0.717) is 19.3 Å². The summed E-state index contributed by atoms with van der Waals surface area (Å²) >= 11 is 0. The number of rotatable bonds is 44. The van der Waals surface area contributed by atoms with Gasteiger partial charge in [-0.25, -0.2) is 0 Å². The molecule has 3 rings (SSSR count). The Morgan fingerprint density at radius 1 is 0.582 bits per heavy atom. The number of carbonyl (C=O) groups excluding carboxylic acids is 1. The average molecular weight is 946 g/mol. The smallest absolute Gasteiger partial charge is 0.249 e. The minimum atomic E-state index is -1.27. The van der Waals surface area contributed by atoms with Crippen LogP contribution in [0.1, 0.15) is 246 Å². The van der Waals surface area contributed by atoms with Crippen LogP contribution in [0.25, 0.3) is 0 Å². The third-order valence-corrected chi connectivity index (χ3v) is 15.7. The monoisotopic (exact) mass is 946 g/mol. The van der Waals surface area contributed by atoms with Gasteiger partial charge in [0, 0.05) is 12.5 Å². The Morgan fingerprint density at radius 2 is 1.06 bits per heavy atom. The first-order chi connectivity index (χ1) is 32.6. The lowest BCUT2D eigenvalue weighted by molar-refractivity contribution is -0.195. The normalized spacial score (nSPS) is 26.1. The summed E-state index contributed by atoms with van der Waals surface area (Å²) in [6.45, 7) is 8.32. The van der Waals surface area contributed by atoms with Crippen LogP contribution in [-0.4, -0.2) is 93.9 Å². The second-order valence-electron chi connectivity index (χ2n) is 22.0. The Labute approximate surface area is 411 Å². The van der Waals surface area contributed by atoms with E-state index in [0.717, 1.165) is 54.9 Å². The van der Waals surface area contributed by atoms with E-state index in [-0.39, 0.29) is 26.2 Å². The van der Waals surface area contributed by atoms with Gasteiger partial charge in [-0.1, -0.05) is 205 Å². The van der Waals surface area contributed by atoms with Crippen molar-refractivity contribution < 1.29 is 39.8 Å². The fourth-order valence-corrected chi connectivity index (χ4v) is 10.8. The van der Waals surface area contributed by atoms with Gasteiger partial charge in [0.1, 0.15) is 18.3 Å². The van der Waals surface area contributed by atoms with Gasteiger partial charge in [0.15, 0.2) is 0 Å². The van der Waals surface area contributed by atoms with Gasteiger partial charge in [0.2, 0.25) is 5.91 Å². The van der Waals surface area contributed by atoms with Crippen molar-refractivity contribution in [3.8, 4) is 0 Å². The molecule has 6 N–H and O–H groups in total. The first kappa shape index (κ1) is 60.0. The molecule has 0 radical (unpaired) electrons. The molecule has 1 amide bonds. The lowest BCUT2D eigenvalue weighted by Gasteiger charge is -2.42. The zero-order valence-corrected chi connectivity index (χ0v) is 43.8. The molecule has 3 aliphatic rings. The maximum Gasteiger partial charge on any atom is 0.249 e. The number of aliphatic hydroxyl groups excluding tert-OH is 5. The van der Waals surface area contributed by atoms with Crippen molar-refractivity contribution in [1.82, 2.24) is 5.32 Å². The van der Waals surface area contributed by atoms with E-state index < -0.39 is 54.5 Å². The highest BCUT2D eigenvalue weighted by Crippen LogP contribution is 2.46. The summed E-state index contributed by atoms with van der Waals surface area (Å²) in [6, 6.07) is -0.785. The average Bonchev–Trinajstić information content (AvgIpc) is 4.25. The van der Waals surface area contributed by atoms with Crippen molar-refractivity contribution in [1.29, 1.82) is 0 Å². The molecule has 3 aliphatic carbocycles. The first-order valence-electron chi connectivity index (χ1n) is 28.7. The van der Waals surface area contributed by atoms with Gasteiger partial charge in [0.25, 0.3) is 0 Å². The molecule has 9 nitrogen and oxygen atoms in total. The number of unbranched alkanes of at least 4 members (excludes halogenated alkanes) is 20. The number of amides is 1. The SMILES string of the molecule is CCCCCCCCCCC1CC1CCCC/C=C\CC[C@@H](O)C(=O)N[C@@H](CO[C@@H]1C[C@H](CO)[C@H](O)[C@H](O)[C@H]1OCC=C(C)C)[C@H](O)CCCCCCCC1CC1CCCCCCCCCC. The number of hydrogen-bond donors (Lipinski definition) is 6. The highest BCUT2D eigenvalue weighted by molar-refractivity contribution is 5.80. The predicted molar refractivity (Wildman–Crippen MR) is 277 cm³/mol. The van der Waals surface area contributed by atoms with Crippen LogP contribution in [0.5, 0.6) is 0 Å². The molecular weight excluding hydrogens is 839 g/mol. The number of ether oxygens (including phenoxy) is 2. The van der Waals surface area contributed by atoms with E-state index >= 15 is 0 Å². The van der Waals surface area contributed by atoms with E-state index in [4.69, 9.17) is 9.47 Å². The second kappa shape index (κ2) is 37.4. The third kappa shape index (κ3) is 27.2. The van der Waals surface area contributed by atoms with Crippen molar-refractivity contribution in [2.24, 2.45) is 29.6 Å². The number of aliphatic hydroxyl groups is 5. The molecule has 0 saturated heterocycles. The number of allylic oxidation sites excluding steroid dienone is 3. The maximum absolute atomic E-state index is 13.4. The Hall–Kier alpha value is -1.33. The minimum Gasteiger partial charge on any atom is -0.396 e. The van der Waals surface area contributed by atoms with Crippen LogP contribution >= 0.6 is 0 Å². The van der Waals surface area contributed by atoms with Crippen LogP contribution in [0.3, 0.4) is 0 Å². The molecule has 0 aromatic heterocycles. The molecular formula is C58H107NO8. The van der Waals surface area contributed by atoms with Crippen molar-refractivity contribution in [3.05, 3.63) is 23.8 Å². The van der Waals surface area contributed by atoms with Crippen LogP contribution in [0, 0.1) is 29.6 Å². The molecule has 0 aromatic carbocycles. The molecule has 0 bridgehead atoms. The number of hydrogen-bond acceptors (Lipinski definition) is 8. The summed E-state index contributed by atoms with van der Waals surface area (Å²) in [4.78, 5) is 13.4. The van der Waals surface area contributed by atoms with Gasteiger partial charge in [0.05, 0.1) is 37.6 Å². The van der Waals surface area contributed by atoms with Crippen LogP contribution in [0.15, 0.2) is 23.8 Å². The molecule has 12 atom stereocenters. The fraction of sp³-hybridized carbons (Fsp3) is 0.914. The van der Waals surface area contributed by atoms with Crippen LogP contribution in [-0.2, 0) is 14.3 Å². The summed E-state index contributed by atoms with van der Waals surface area (Å²) < 4.78 is 12.3. The highest BCUT2D eigenvalue weighted by atomic mass is 16.6. The molecule has 0 heterocycles. The zero-order chi connectivity index (χ0) is 48.5. The minimum absolute atomic E-state index is 0.0595. The molecule has 3 fully saturated rings. The lowest BCUT2D eigenvalue weighted by Crippen LogP contribution is -2.57. The third-order valence-electron chi connectivity index (χ3n) is 15.7. The standard InChI is InChI=1S/C58H107NO8/c1-5-7-9-11-13-15-20-26-32-46-40-48(46)34-28-22-17-18-24-31-37-53(62)58(65)59-51(44-67-54-42-50(43-60)55(63)56(64)57(54)66-39-38-45(3)4)52(61)36-30-25-19-23-29-35-49-41-47(49)33-27-21-16-14-12-10-8-6-2/h18,24,38,46-57,60-64H,5-17,19-23,25-37,39-44H2,1-4H3,(H,59,65)/b24-18-/t46?,47?,48?,49?,50-,51+,52-,53-,54-,55+,56+,57+/m1/s1. The summed E-state index contributed by atoms with van der Waals surface area (Å²) in [5, 5.41) is 57.0. The van der Waals surface area contributed by atoms with Gasteiger partial charge in [-0.2, -0.15) is 0 Å². The second-order valence-corrected chi connectivity index (χ2v) is 22.0. The van der Waals surface area contributed by atoms with Crippen molar-refractivity contribution in [3.63, 3.8) is 0 Å². The highest BCUT2D eigenvalue weighted by Gasteiger charge is 2.45. The Kier molecular flexibility index (Phi) is 33.5. The topological polar surface area (TPSA) is 149 Å². The van der Waals surface area contributed by atoms with E-state index in [9.17, 15) is 30.3 Å². The van der Waals surface area contributed by atoms with E-state index in [1.54, 1.807) is 0 Å². The molecule has 0 aliphatic heterocycles. The van der Waals surface area contributed by atoms with Crippen molar-refractivity contribution >= 4 is 5.91 Å². The van der Waals surface area contributed by atoms with Gasteiger partial charge in [-0.15, -0.1) is 0 Å². The fourth-order valence-electron chi connectivity index (χ4n) is 10.8. The molecule has 3 saturated carbocycles. The predicted octanol–water partition coefficient (Wildman–Crippen LogP) is 12.6. The van der Waals surface area contributed by atoms with Gasteiger partial charge in [-0.3, -0.25) is 4.79 Å². The van der Waals surface area contributed by atoms with Crippen molar-refractivity contribution in [2.75, 3.05) is 19.8 Å². The first-order valence-corrected chi connectivity index (χ1v) is 28.7. The molecule has 392 valence electrons. The Bertz CT molecular complexity index is 1270. The van der Waals surface area contributed by atoms with E-state index in [2.05, 4.69) is 31.3 Å². The summed E-state index contributed by atoms with van der Waals surface area (Å²) in [6.07, 6.45) is 41.3. The van der Waals surface area contributed by atoms with Gasteiger partial charge < -0.3 is 40.3 Å². The molecule has 9 heteroatoms. The Balaban J connectivity index is 1.37. The van der Waals surface area contributed by atoms with Crippen LogP contribution in [0.2, 0.25) is 0 Å². The van der Waals surface area contributed by atoms with Gasteiger partial charge >= 0.3 is 0 Å². The zero-order valence-electron chi connectivity index (χ0n) is 43.8.